The molecule has 3 aromatic rings. The second-order valence-electron chi connectivity index (χ2n) is 5.68. The number of hydrogen-bond acceptors (Lipinski definition) is 5. The number of aromatic nitrogens is 2. The van der Waals surface area contributed by atoms with Crippen LogP contribution in [0.4, 0.5) is 13.2 Å². The molecule has 0 aliphatic carbocycles. The number of hydrogen-bond donors (Lipinski definition) is 2. The first kappa shape index (κ1) is 20.3. The van der Waals surface area contributed by atoms with Gasteiger partial charge in [-0.3, -0.25) is 0 Å². The highest BCUT2D eigenvalue weighted by Gasteiger charge is 2.33. The molecule has 0 aliphatic heterocycles. The molecule has 1 aromatic carbocycles. The molecule has 0 saturated heterocycles. The van der Waals surface area contributed by atoms with E-state index in [1.807, 2.05) is 42.6 Å². The van der Waals surface area contributed by atoms with Gasteiger partial charge in [0.05, 0.1) is 18.8 Å². The van der Waals surface area contributed by atoms with Crippen molar-refractivity contribution in [3.05, 3.63) is 57.5 Å². The molecule has 0 atom stereocenters. The Labute approximate surface area is 168 Å². The first-order valence-electron chi connectivity index (χ1n) is 8.49. The summed E-state index contributed by atoms with van der Waals surface area (Å²) in [5, 5.41) is 10.3. The number of thiazole rings is 2. The van der Waals surface area contributed by atoms with Gasteiger partial charge < -0.3 is 10.6 Å². The molecular weight excluding hydrogens is 407 g/mol. The number of nitrogens with one attached hydrogen (secondary N) is 2. The molecule has 148 valence electrons. The van der Waals surface area contributed by atoms with Crippen molar-refractivity contribution in [3.63, 3.8) is 0 Å². The van der Waals surface area contributed by atoms with Crippen molar-refractivity contribution < 1.29 is 13.2 Å². The Balaban J connectivity index is 1.61. The van der Waals surface area contributed by atoms with Crippen molar-refractivity contribution in [1.29, 1.82) is 0 Å². The molecule has 0 aliphatic rings. The maximum Gasteiger partial charge on any atom is 0.434 e. The van der Waals surface area contributed by atoms with Crippen LogP contribution in [0.3, 0.4) is 0 Å². The fourth-order valence-electron chi connectivity index (χ4n) is 2.28. The quantitative estimate of drug-likeness (QED) is 0.450. The zero-order valence-electron chi connectivity index (χ0n) is 15.0. The highest BCUT2D eigenvalue weighted by molar-refractivity contribution is 7.13. The summed E-state index contributed by atoms with van der Waals surface area (Å²) < 4.78 is 37.9. The molecule has 0 fully saturated rings. The Morgan fingerprint density at radius 3 is 2.54 bits per heavy atom. The van der Waals surface area contributed by atoms with E-state index in [2.05, 4.69) is 25.6 Å². The predicted molar refractivity (Wildman–Crippen MR) is 106 cm³/mol. The predicted octanol–water partition coefficient (Wildman–Crippen LogP) is 4.54. The van der Waals surface area contributed by atoms with E-state index in [0.29, 0.717) is 24.1 Å². The minimum Gasteiger partial charge on any atom is -0.357 e. The van der Waals surface area contributed by atoms with Crippen molar-refractivity contribution in [1.82, 2.24) is 20.6 Å². The summed E-state index contributed by atoms with van der Waals surface area (Å²) in [5.41, 5.74) is 1.01. The Bertz CT molecular complexity index is 919. The lowest BCUT2D eigenvalue weighted by atomic mass is 10.2. The van der Waals surface area contributed by atoms with E-state index in [9.17, 15) is 13.2 Å². The number of halogens is 3. The zero-order chi connectivity index (χ0) is 20.0. The van der Waals surface area contributed by atoms with Gasteiger partial charge in [-0.2, -0.15) is 13.2 Å². The van der Waals surface area contributed by atoms with Crippen molar-refractivity contribution in [2.75, 3.05) is 6.54 Å². The average molecular weight is 426 g/mol. The Morgan fingerprint density at radius 1 is 1.07 bits per heavy atom. The number of benzene rings is 1. The van der Waals surface area contributed by atoms with Crippen LogP contribution in [-0.2, 0) is 19.3 Å². The van der Waals surface area contributed by atoms with Crippen LogP contribution in [0.25, 0.3) is 10.6 Å². The van der Waals surface area contributed by atoms with Crippen LogP contribution in [-0.4, -0.2) is 22.5 Å². The van der Waals surface area contributed by atoms with Gasteiger partial charge in [0.1, 0.15) is 10.0 Å². The van der Waals surface area contributed by atoms with Crippen molar-refractivity contribution >= 4 is 28.6 Å². The van der Waals surface area contributed by atoms with Gasteiger partial charge in [-0.05, 0) is 6.92 Å². The van der Waals surface area contributed by atoms with Crippen LogP contribution < -0.4 is 10.6 Å². The van der Waals surface area contributed by atoms with Gasteiger partial charge in [0.2, 0.25) is 0 Å². The van der Waals surface area contributed by atoms with Crippen LogP contribution in [0.15, 0.2) is 46.1 Å². The number of guanidine groups is 1. The third-order valence-electron chi connectivity index (χ3n) is 3.57. The van der Waals surface area contributed by atoms with Crippen molar-refractivity contribution in [2.24, 2.45) is 4.99 Å². The minimum absolute atomic E-state index is 0.166. The van der Waals surface area contributed by atoms with Crippen LogP contribution in [0.1, 0.15) is 23.3 Å². The molecule has 28 heavy (non-hydrogen) atoms. The maximum atomic E-state index is 12.6. The van der Waals surface area contributed by atoms with E-state index >= 15 is 0 Å². The molecule has 0 unspecified atom stereocenters. The number of nitrogens with zero attached hydrogens (tertiary/aromatic N) is 3. The smallest absolute Gasteiger partial charge is 0.357 e. The molecule has 0 spiro atoms. The molecule has 0 radical (unpaired) electrons. The zero-order valence-corrected chi connectivity index (χ0v) is 16.6. The standard InChI is InChI=1S/C18H18F3N5S2/c1-2-22-17(24-9-15-26-14(11-27-15)18(19,20)21)23-8-13-10-28-16(25-13)12-6-4-3-5-7-12/h3-7,10-11H,2,8-9H2,1H3,(H2,22,23,24). The normalized spacial score (nSPS) is 12.2. The molecule has 2 N–H and O–H groups in total. The summed E-state index contributed by atoms with van der Waals surface area (Å²) in [6.45, 7) is 3.08. The summed E-state index contributed by atoms with van der Waals surface area (Å²) >= 11 is 2.51. The van der Waals surface area contributed by atoms with E-state index in [1.165, 1.54) is 0 Å². The highest BCUT2D eigenvalue weighted by atomic mass is 32.1. The lowest BCUT2D eigenvalue weighted by Crippen LogP contribution is -2.36. The monoisotopic (exact) mass is 425 g/mol. The minimum atomic E-state index is -4.42. The second-order valence-corrected chi connectivity index (χ2v) is 7.48. The van der Waals surface area contributed by atoms with Gasteiger partial charge in [-0.15, -0.1) is 22.7 Å². The number of rotatable bonds is 6. The summed E-state index contributed by atoms with van der Waals surface area (Å²) in [7, 11) is 0. The van der Waals surface area contributed by atoms with Gasteiger partial charge in [-0.1, -0.05) is 30.3 Å². The molecule has 10 heteroatoms. The SMILES string of the molecule is CCNC(=NCc1csc(-c2ccccc2)n1)NCc1nc(C(F)(F)F)cs1. The molecule has 0 bridgehead atoms. The lowest BCUT2D eigenvalue weighted by molar-refractivity contribution is -0.140. The second kappa shape index (κ2) is 9.16. The van der Waals surface area contributed by atoms with E-state index in [0.717, 1.165) is 33.0 Å². The molecule has 0 saturated carbocycles. The Kier molecular flexibility index (Phi) is 6.63. The van der Waals surface area contributed by atoms with Gasteiger partial charge in [-0.25, -0.2) is 15.0 Å². The fourth-order valence-corrected chi connectivity index (χ4v) is 3.83. The van der Waals surface area contributed by atoms with Gasteiger partial charge in [0.15, 0.2) is 11.7 Å². The first-order chi connectivity index (χ1) is 13.5. The molecule has 0 amide bonds. The Morgan fingerprint density at radius 2 is 1.86 bits per heavy atom. The molecule has 2 aromatic heterocycles. The van der Waals surface area contributed by atoms with E-state index in [1.54, 1.807) is 11.3 Å². The summed E-state index contributed by atoms with van der Waals surface area (Å²) in [4.78, 5) is 12.6. The molecule has 3 rings (SSSR count). The topological polar surface area (TPSA) is 62.2 Å². The summed E-state index contributed by atoms with van der Waals surface area (Å²) in [6.07, 6.45) is -4.42. The van der Waals surface area contributed by atoms with Crippen molar-refractivity contribution in [3.8, 4) is 10.6 Å². The maximum absolute atomic E-state index is 12.6. The van der Waals surface area contributed by atoms with E-state index in [4.69, 9.17) is 0 Å². The largest absolute Gasteiger partial charge is 0.434 e. The highest BCUT2D eigenvalue weighted by Crippen LogP contribution is 2.30. The van der Waals surface area contributed by atoms with Crippen molar-refractivity contribution in [2.45, 2.75) is 26.2 Å². The van der Waals surface area contributed by atoms with E-state index < -0.39 is 11.9 Å². The molecule has 2 heterocycles. The number of alkyl halides is 3. The summed E-state index contributed by atoms with van der Waals surface area (Å²) in [6, 6.07) is 9.88. The van der Waals surface area contributed by atoms with Crippen LogP contribution in [0, 0.1) is 0 Å². The van der Waals surface area contributed by atoms with Gasteiger partial charge in [0.25, 0.3) is 0 Å². The molecular formula is C18H18F3N5S2. The fraction of sp³-hybridized carbons (Fsp3) is 0.278. The Hall–Kier alpha value is -2.46. The summed E-state index contributed by atoms with van der Waals surface area (Å²) in [5.74, 6) is 0.500. The van der Waals surface area contributed by atoms with Crippen LogP contribution >= 0.6 is 22.7 Å². The van der Waals surface area contributed by atoms with Gasteiger partial charge >= 0.3 is 6.18 Å². The average Bonchev–Trinajstić information content (AvgIpc) is 3.34. The van der Waals surface area contributed by atoms with Crippen LogP contribution in [0.2, 0.25) is 0 Å². The van der Waals surface area contributed by atoms with Crippen LogP contribution in [0.5, 0.6) is 0 Å². The third kappa shape index (κ3) is 5.52. The number of aliphatic imine (C=N–C) groups is 1. The van der Waals surface area contributed by atoms with Gasteiger partial charge in [0, 0.05) is 22.9 Å². The third-order valence-corrected chi connectivity index (χ3v) is 5.35. The molecule has 5 nitrogen and oxygen atoms in total. The lowest BCUT2D eigenvalue weighted by Gasteiger charge is -2.09. The first-order valence-corrected chi connectivity index (χ1v) is 10.2. The van der Waals surface area contributed by atoms with E-state index in [-0.39, 0.29) is 6.54 Å².